The Bertz CT molecular complexity index is 844. The van der Waals surface area contributed by atoms with Crippen LogP contribution in [-0.2, 0) is 6.54 Å². The number of halogens is 1. The zero-order chi connectivity index (χ0) is 16.5. The number of fused-ring (bicyclic) bond motifs is 1. The molecule has 1 saturated carbocycles. The second-order valence-corrected chi connectivity index (χ2v) is 6.94. The van der Waals surface area contributed by atoms with Gasteiger partial charge in [0.1, 0.15) is 5.65 Å². The first-order valence-electron chi connectivity index (χ1n) is 8.82. The molecule has 0 aliphatic heterocycles. The van der Waals surface area contributed by atoms with Crippen molar-refractivity contribution in [2.75, 3.05) is 0 Å². The topological polar surface area (TPSA) is 48.5 Å². The van der Waals surface area contributed by atoms with Crippen molar-refractivity contribution in [3.63, 3.8) is 0 Å². The lowest BCUT2D eigenvalue weighted by Gasteiger charge is -2.25. The molecule has 5 nitrogen and oxygen atoms in total. The van der Waals surface area contributed by atoms with Gasteiger partial charge in [-0.2, -0.15) is 10.1 Å². The maximum absolute atomic E-state index is 6.08. The van der Waals surface area contributed by atoms with E-state index in [1.807, 2.05) is 17.1 Å². The second kappa shape index (κ2) is 6.55. The third kappa shape index (κ3) is 2.81. The van der Waals surface area contributed by atoms with Gasteiger partial charge < -0.3 is 4.57 Å². The van der Waals surface area contributed by atoms with Crippen LogP contribution in [0, 0.1) is 0 Å². The Morgan fingerprint density at radius 3 is 2.83 bits per heavy atom. The zero-order valence-corrected chi connectivity index (χ0v) is 14.7. The van der Waals surface area contributed by atoms with Crippen LogP contribution in [-0.4, -0.2) is 24.3 Å². The normalized spacial score (nSPS) is 16.1. The zero-order valence-electron chi connectivity index (χ0n) is 14.0. The first kappa shape index (κ1) is 15.6. The second-order valence-electron chi connectivity index (χ2n) is 6.60. The van der Waals surface area contributed by atoms with Crippen LogP contribution in [0.4, 0.5) is 0 Å². The molecule has 126 valence electrons. The highest BCUT2D eigenvalue weighted by molar-refractivity contribution is 6.28. The molecule has 0 unspecified atom stereocenters. The van der Waals surface area contributed by atoms with E-state index >= 15 is 0 Å². The van der Waals surface area contributed by atoms with Crippen molar-refractivity contribution < 1.29 is 0 Å². The molecule has 1 fully saturated rings. The summed E-state index contributed by atoms with van der Waals surface area (Å²) in [6, 6.07) is 2.65. The summed E-state index contributed by atoms with van der Waals surface area (Å²) in [7, 11) is 0. The molecular formula is C18H22ClN5. The van der Waals surface area contributed by atoms with Crippen LogP contribution in [0.2, 0.25) is 5.28 Å². The van der Waals surface area contributed by atoms with Gasteiger partial charge in [-0.1, -0.05) is 26.2 Å². The van der Waals surface area contributed by atoms with Crippen molar-refractivity contribution in [2.45, 2.75) is 58.0 Å². The number of rotatable bonds is 4. The fourth-order valence-corrected chi connectivity index (χ4v) is 3.89. The molecule has 4 rings (SSSR count). The van der Waals surface area contributed by atoms with Crippen LogP contribution < -0.4 is 0 Å². The third-order valence-electron chi connectivity index (χ3n) is 4.87. The van der Waals surface area contributed by atoms with E-state index in [4.69, 9.17) is 11.6 Å². The Balaban J connectivity index is 1.86. The van der Waals surface area contributed by atoms with Crippen molar-refractivity contribution in [2.24, 2.45) is 0 Å². The van der Waals surface area contributed by atoms with Gasteiger partial charge in [0, 0.05) is 35.9 Å². The van der Waals surface area contributed by atoms with Crippen LogP contribution >= 0.6 is 11.6 Å². The molecular weight excluding hydrogens is 322 g/mol. The lowest BCUT2D eigenvalue weighted by atomic mass is 9.95. The standard InChI is InChI=1S/C18H22ClN5/c1-2-8-23-12-14(11-21-23)16-9-13-10-20-18(19)22-17(13)24(16)15-6-4-3-5-7-15/h9-12,15H,2-8H2,1H3. The number of aromatic nitrogens is 5. The van der Waals surface area contributed by atoms with Gasteiger partial charge in [-0.25, -0.2) is 4.98 Å². The molecule has 3 heterocycles. The minimum Gasteiger partial charge on any atom is -0.322 e. The Hall–Kier alpha value is -1.88. The number of hydrogen-bond acceptors (Lipinski definition) is 3. The smallest absolute Gasteiger partial charge is 0.224 e. The quantitative estimate of drug-likeness (QED) is 0.635. The summed E-state index contributed by atoms with van der Waals surface area (Å²) >= 11 is 6.08. The van der Waals surface area contributed by atoms with E-state index in [0.717, 1.165) is 29.6 Å². The molecule has 24 heavy (non-hydrogen) atoms. The van der Waals surface area contributed by atoms with Gasteiger partial charge in [-0.15, -0.1) is 0 Å². The van der Waals surface area contributed by atoms with Crippen molar-refractivity contribution in [1.82, 2.24) is 24.3 Å². The van der Waals surface area contributed by atoms with Crippen molar-refractivity contribution in [3.05, 3.63) is 29.9 Å². The van der Waals surface area contributed by atoms with E-state index in [0.29, 0.717) is 11.3 Å². The first-order valence-corrected chi connectivity index (χ1v) is 9.20. The first-order chi connectivity index (χ1) is 11.8. The largest absolute Gasteiger partial charge is 0.322 e. The monoisotopic (exact) mass is 343 g/mol. The Morgan fingerprint density at radius 2 is 2.04 bits per heavy atom. The molecule has 0 amide bonds. The SMILES string of the molecule is CCCn1cc(-c2cc3cnc(Cl)nc3n2C2CCCCC2)cn1. The molecule has 0 radical (unpaired) electrons. The molecule has 1 aliphatic carbocycles. The summed E-state index contributed by atoms with van der Waals surface area (Å²) in [6.07, 6.45) is 13.3. The van der Waals surface area contributed by atoms with E-state index in [1.165, 1.54) is 37.8 Å². The van der Waals surface area contributed by atoms with Crippen LogP contribution in [0.25, 0.3) is 22.3 Å². The van der Waals surface area contributed by atoms with Crippen LogP contribution in [0.15, 0.2) is 24.7 Å². The highest BCUT2D eigenvalue weighted by Gasteiger charge is 2.22. The highest BCUT2D eigenvalue weighted by Crippen LogP contribution is 2.37. The predicted molar refractivity (Wildman–Crippen MR) is 96.2 cm³/mol. The maximum Gasteiger partial charge on any atom is 0.224 e. The summed E-state index contributed by atoms with van der Waals surface area (Å²) in [5.74, 6) is 0. The van der Waals surface area contributed by atoms with Gasteiger partial charge in [0.15, 0.2) is 0 Å². The minimum absolute atomic E-state index is 0.311. The highest BCUT2D eigenvalue weighted by atomic mass is 35.5. The third-order valence-corrected chi connectivity index (χ3v) is 5.05. The molecule has 0 aromatic carbocycles. The molecule has 3 aromatic rings. The average molecular weight is 344 g/mol. The molecule has 0 atom stereocenters. The Kier molecular flexibility index (Phi) is 4.27. The summed E-state index contributed by atoms with van der Waals surface area (Å²) < 4.78 is 4.38. The molecule has 0 spiro atoms. The molecule has 0 bridgehead atoms. The average Bonchev–Trinajstić information content (AvgIpc) is 3.20. The van der Waals surface area contributed by atoms with Gasteiger partial charge >= 0.3 is 0 Å². The van der Waals surface area contributed by atoms with Gasteiger partial charge in [0.25, 0.3) is 0 Å². The van der Waals surface area contributed by atoms with Crippen LogP contribution in [0.5, 0.6) is 0 Å². The number of aryl methyl sites for hydroxylation is 1. The molecule has 3 aromatic heterocycles. The molecule has 0 N–H and O–H groups in total. The van der Waals surface area contributed by atoms with Crippen molar-refractivity contribution >= 4 is 22.6 Å². The Labute approximate surface area is 146 Å². The van der Waals surface area contributed by atoms with Crippen molar-refractivity contribution in [3.8, 4) is 11.3 Å². The summed E-state index contributed by atoms with van der Waals surface area (Å²) in [5, 5.41) is 5.85. The van der Waals surface area contributed by atoms with Crippen molar-refractivity contribution in [1.29, 1.82) is 0 Å². The fraction of sp³-hybridized carbons (Fsp3) is 0.500. The summed E-state index contributed by atoms with van der Waals surface area (Å²) in [6.45, 7) is 3.10. The van der Waals surface area contributed by atoms with Gasteiger partial charge in [0.2, 0.25) is 5.28 Å². The lowest BCUT2D eigenvalue weighted by molar-refractivity contribution is 0.362. The fourth-order valence-electron chi connectivity index (χ4n) is 3.77. The summed E-state index contributed by atoms with van der Waals surface area (Å²) in [4.78, 5) is 8.69. The number of hydrogen-bond donors (Lipinski definition) is 0. The van der Waals surface area contributed by atoms with E-state index in [2.05, 4.69) is 38.8 Å². The molecule has 0 saturated heterocycles. The van der Waals surface area contributed by atoms with Gasteiger partial charge in [-0.05, 0) is 36.9 Å². The van der Waals surface area contributed by atoms with E-state index in [-0.39, 0.29) is 0 Å². The summed E-state index contributed by atoms with van der Waals surface area (Å²) in [5.41, 5.74) is 3.26. The molecule has 6 heteroatoms. The van der Waals surface area contributed by atoms with E-state index < -0.39 is 0 Å². The van der Waals surface area contributed by atoms with E-state index in [1.54, 1.807) is 0 Å². The molecule has 1 aliphatic rings. The van der Waals surface area contributed by atoms with Gasteiger partial charge in [-0.3, -0.25) is 4.68 Å². The number of nitrogens with zero attached hydrogens (tertiary/aromatic N) is 5. The maximum atomic E-state index is 6.08. The predicted octanol–water partition coefficient (Wildman–Crippen LogP) is 4.86. The van der Waals surface area contributed by atoms with E-state index in [9.17, 15) is 0 Å². The van der Waals surface area contributed by atoms with Crippen LogP contribution in [0.1, 0.15) is 51.5 Å². The lowest BCUT2D eigenvalue weighted by Crippen LogP contribution is -2.14. The van der Waals surface area contributed by atoms with Crippen LogP contribution in [0.3, 0.4) is 0 Å². The Morgan fingerprint density at radius 1 is 1.21 bits per heavy atom. The minimum atomic E-state index is 0.311. The van der Waals surface area contributed by atoms with Gasteiger partial charge in [0.05, 0.1) is 11.9 Å².